The largest absolute Gasteiger partial charge is 0.312 e. The van der Waals surface area contributed by atoms with Gasteiger partial charge in [0.2, 0.25) is 5.91 Å². The van der Waals surface area contributed by atoms with Crippen molar-refractivity contribution in [1.82, 2.24) is 5.32 Å². The number of nitrogens with one attached hydrogen (secondary N) is 1. The van der Waals surface area contributed by atoms with E-state index in [9.17, 15) is 4.79 Å². The summed E-state index contributed by atoms with van der Waals surface area (Å²) in [7, 11) is 0. The van der Waals surface area contributed by atoms with Crippen LogP contribution >= 0.6 is 0 Å². The number of benzene rings is 2. The van der Waals surface area contributed by atoms with Gasteiger partial charge in [-0.05, 0) is 42.2 Å². The standard InChI is InChI=1S/C19H22N2O/c1-15-5-2-3-6-17(15)14-20-13-16-8-10-18(11-9-16)21-12-4-7-19(21)22/h2-3,5-6,8-11,20H,4,7,12-14H2,1H3. The topological polar surface area (TPSA) is 32.3 Å². The summed E-state index contributed by atoms with van der Waals surface area (Å²) in [6.07, 6.45) is 1.65. The number of anilines is 1. The van der Waals surface area contributed by atoms with E-state index in [4.69, 9.17) is 0 Å². The molecule has 1 aliphatic heterocycles. The van der Waals surface area contributed by atoms with Gasteiger partial charge in [-0.15, -0.1) is 0 Å². The number of hydrogen-bond acceptors (Lipinski definition) is 2. The van der Waals surface area contributed by atoms with E-state index in [0.29, 0.717) is 6.42 Å². The van der Waals surface area contributed by atoms with Gasteiger partial charge in [0, 0.05) is 31.7 Å². The zero-order chi connectivity index (χ0) is 15.4. The summed E-state index contributed by atoms with van der Waals surface area (Å²) in [6.45, 7) is 4.70. The van der Waals surface area contributed by atoms with Crippen LogP contribution in [0.2, 0.25) is 0 Å². The number of rotatable bonds is 5. The monoisotopic (exact) mass is 294 g/mol. The van der Waals surface area contributed by atoms with E-state index in [1.807, 2.05) is 17.0 Å². The van der Waals surface area contributed by atoms with Gasteiger partial charge >= 0.3 is 0 Å². The SMILES string of the molecule is Cc1ccccc1CNCc1ccc(N2CCCC2=O)cc1. The highest BCUT2D eigenvalue weighted by molar-refractivity contribution is 5.95. The molecule has 0 aromatic heterocycles. The van der Waals surface area contributed by atoms with Crippen molar-refractivity contribution in [3.8, 4) is 0 Å². The number of amides is 1. The highest BCUT2D eigenvalue weighted by Crippen LogP contribution is 2.21. The molecule has 1 N–H and O–H groups in total. The molecule has 114 valence electrons. The number of carbonyl (C=O) groups excluding carboxylic acids is 1. The van der Waals surface area contributed by atoms with Crippen molar-refractivity contribution in [2.24, 2.45) is 0 Å². The summed E-state index contributed by atoms with van der Waals surface area (Å²) in [5, 5.41) is 3.48. The van der Waals surface area contributed by atoms with Gasteiger partial charge < -0.3 is 10.2 Å². The van der Waals surface area contributed by atoms with Crippen LogP contribution < -0.4 is 10.2 Å². The van der Waals surface area contributed by atoms with Crippen molar-refractivity contribution in [3.05, 3.63) is 65.2 Å². The van der Waals surface area contributed by atoms with Crippen LogP contribution in [0, 0.1) is 6.92 Å². The van der Waals surface area contributed by atoms with E-state index < -0.39 is 0 Å². The van der Waals surface area contributed by atoms with Gasteiger partial charge in [-0.3, -0.25) is 4.79 Å². The minimum Gasteiger partial charge on any atom is -0.312 e. The van der Waals surface area contributed by atoms with Gasteiger partial charge in [0.15, 0.2) is 0 Å². The van der Waals surface area contributed by atoms with E-state index in [1.54, 1.807) is 0 Å². The van der Waals surface area contributed by atoms with Crippen LogP contribution in [0.25, 0.3) is 0 Å². The third-order valence-electron chi connectivity index (χ3n) is 4.23. The predicted molar refractivity (Wildman–Crippen MR) is 89.8 cm³/mol. The smallest absolute Gasteiger partial charge is 0.227 e. The predicted octanol–water partition coefficient (Wildman–Crippen LogP) is 3.41. The molecule has 3 nitrogen and oxygen atoms in total. The van der Waals surface area contributed by atoms with Crippen molar-refractivity contribution >= 4 is 11.6 Å². The Labute approximate surface area is 132 Å². The lowest BCUT2D eigenvalue weighted by Crippen LogP contribution is -2.23. The number of hydrogen-bond donors (Lipinski definition) is 1. The first-order valence-corrected chi connectivity index (χ1v) is 7.88. The first kappa shape index (κ1) is 14.8. The van der Waals surface area contributed by atoms with Gasteiger partial charge in [-0.1, -0.05) is 36.4 Å². The summed E-state index contributed by atoms with van der Waals surface area (Å²) in [4.78, 5) is 13.6. The van der Waals surface area contributed by atoms with E-state index in [1.165, 1.54) is 16.7 Å². The minimum atomic E-state index is 0.241. The molecule has 3 rings (SSSR count). The molecular weight excluding hydrogens is 272 g/mol. The molecular formula is C19H22N2O. The Balaban J connectivity index is 1.55. The maximum Gasteiger partial charge on any atom is 0.227 e. The molecule has 2 aromatic rings. The normalized spacial score (nSPS) is 14.6. The molecule has 0 bridgehead atoms. The van der Waals surface area contributed by atoms with Crippen LogP contribution in [0.15, 0.2) is 48.5 Å². The molecule has 1 aliphatic rings. The van der Waals surface area contributed by atoms with Crippen molar-refractivity contribution in [3.63, 3.8) is 0 Å². The second kappa shape index (κ2) is 6.75. The number of nitrogens with zero attached hydrogens (tertiary/aromatic N) is 1. The summed E-state index contributed by atoms with van der Waals surface area (Å²) in [5.74, 6) is 0.241. The van der Waals surface area contributed by atoms with Crippen molar-refractivity contribution < 1.29 is 4.79 Å². The highest BCUT2D eigenvalue weighted by Gasteiger charge is 2.21. The Morgan fingerprint density at radius 2 is 1.82 bits per heavy atom. The van der Waals surface area contributed by atoms with Crippen LogP contribution in [0.4, 0.5) is 5.69 Å². The van der Waals surface area contributed by atoms with Crippen LogP contribution in [0.3, 0.4) is 0 Å². The van der Waals surface area contributed by atoms with E-state index in [-0.39, 0.29) is 5.91 Å². The zero-order valence-electron chi connectivity index (χ0n) is 13.0. The molecule has 1 heterocycles. The summed E-state index contributed by atoms with van der Waals surface area (Å²) < 4.78 is 0. The quantitative estimate of drug-likeness (QED) is 0.916. The molecule has 0 radical (unpaired) electrons. The first-order chi connectivity index (χ1) is 10.7. The second-order valence-electron chi connectivity index (χ2n) is 5.85. The molecule has 22 heavy (non-hydrogen) atoms. The Bertz CT molecular complexity index is 649. The van der Waals surface area contributed by atoms with Gasteiger partial charge in [-0.25, -0.2) is 0 Å². The van der Waals surface area contributed by atoms with Gasteiger partial charge in [0.1, 0.15) is 0 Å². The average molecular weight is 294 g/mol. The lowest BCUT2D eigenvalue weighted by Gasteiger charge is -2.16. The third-order valence-corrected chi connectivity index (χ3v) is 4.23. The van der Waals surface area contributed by atoms with Crippen LogP contribution in [-0.2, 0) is 17.9 Å². The van der Waals surface area contributed by atoms with Crippen molar-refractivity contribution in [2.75, 3.05) is 11.4 Å². The lowest BCUT2D eigenvalue weighted by molar-refractivity contribution is -0.117. The Morgan fingerprint density at radius 3 is 2.50 bits per heavy atom. The molecule has 0 spiro atoms. The molecule has 0 atom stereocenters. The number of carbonyl (C=O) groups is 1. The van der Waals surface area contributed by atoms with Crippen LogP contribution in [0.1, 0.15) is 29.5 Å². The highest BCUT2D eigenvalue weighted by atomic mass is 16.2. The number of aryl methyl sites for hydroxylation is 1. The fourth-order valence-electron chi connectivity index (χ4n) is 2.86. The average Bonchev–Trinajstić information content (AvgIpc) is 2.96. The van der Waals surface area contributed by atoms with E-state index in [0.717, 1.165) is 31.7 Å². The van der Waals surface area contributed by atoms with Gasteiger partial charge in [-0.2, -0.15) is 0 Å². The van der Waals surface area contributed by atoms with Gasteiger partial charge in [0.25, 0.3) is 0 Å². The third kappa shape index (κ3) is 3.37. The fourth-order valence-corrected chi connectivity index (χ4v) is 2.86. The second-order valence-corrected chi connectivity index (χ2v) is 5.85. The molecule has 1 fully saturated rings. The Morgan fingerprint density at radius 1 is 1.05 bits per heavy atom. The maximum absolute atomic E-state index is 11.7. The van der Waals surface area contributed by atoms with E-state index in [2.05, 4.69) is 48.6 Å². The molecule has 0 saturated carbocycles. The summed E-state index contributed by atoms with van der Waals surface area (Å²) in [6, 6.07) is 16.7. The van der Waals surface area contributed by atoms with Crippen molar-refractivity contribution in [1.29, 1.82) is 0 Å². The van der Waals surface area contributed by atoms with Gasteiger partial charge in [0.05, 0.1) is 0 Å². The van der Waals surface area contributed by atoms with Crippen LogP contribution in [-0.4, -0.2) is 12.5 Å². The summed E-state index contributed by atoms with van der Waals surface area (Å²) in [5.41, 5.74) is 4.91. The van der Waals surface area contributed by atoms with E-state index >= 15 is 0 Å². The maximum atomic E-state index is 11.7. The first-order valence-electron chi connectivity index (χ1n) is 7.88. The Kier molecular flexibility index (Phi) is 4.54. The molecule has 3 heteroatoms. The van der Waals surface area contributed by atoms with Crippen molar-refractivity contribution in [2.45, 2.75) is 32.9 Å². The molecule has 1 saturated heterocycles. The Hall–Kier alpha value is -2.13. The zero-order valence-corrected chi connectivity index (χ0v) is 13.0. The molecule has 1 amide bonds. The lowest BCUT2D eigenvalue weighted by atomic mass is 10.1. The minimum absolute atomic E-state index is 0.241. The molecule has 0 aliphatic carbocycles. The summed E-state index contributed by atoms with van der Waals surface area (Å²) >= 11 is 0. The molecule has 0 unspecified atom stereocenters. The fraction of sp³-hybridized carbons (Fsp3) is 0.316. The molecule has 2 aromatic carbocycles. The van der Waals surface area contributed by atoms with Crippen LogP contribution in [0.5, 0.6) is 0 Å².